The second-order valence-electron chi connectivity index (χ2n) is 21.7. The lowest BCUT2D eigenvalue weighted by Gasteiger charge is -2.24. The summed E-state index contributed by atoms with van der Waals surface area (Å²) in [5, 5.41) is 26.2. The van der Waals surface area contributed by atoms with Crippen molar-refractivity contribution in [1.29, 1.82) is 5.26 Å². The monoisotopic (exact) mass is 1430 g/mol. The number of rotatable bonds is 11. The molecular formula is C58H69Br3Cl2F3N11O9. The number of halogens is 8. The van der Waals surface area contributed by atoms with Gasteiger partial charge in [0, 0.05) is 128 Å². The van der Waals surface area contributed by atoms with Gasteiger partial charge in [-0.1, -0.05) is 23.2 Å². The number of aromatic nitrogens is 6. The number of likely N-dealkylation sites (tertiary alicyclic amines) is 2. The normalized spacial score (nSPS) is 16.1. The van der Waals surface area contributed by atoms with Gasteiger partial charge in [0.1, 0.15) is 34.0 Å². The summed E-state index contributed by atoms with van der Waals surface area (Å²) in [7, 11) is 0. The number of carboxylic acids is 1. The zero-order valence-electron chi connectivity index (χ0n) is 48.5. The number of carbonyl (C=O) groups is 6. The molecule has 5 aromatic rings. The lowest BCUT2D eigenvalue weighted by atomic mass is 9.99. The molecule has 466 valence electrons. The molecule has 2 amide bonds. The summed E-state index contributed by atoms with van der Waals surface area (Å²) in [5.74, 6) is -0.944. The first-order valence-corrected chi connectivity index (χ1v) is 29.9. The number of ether oxygens (including phenoxy) is 2. The Kier molecular flexibility index (Phi) is 31.1. The molecule has 3 aliphatic rings. The number of hydrogen-bond acceptors (Lipinski definition) is 17. The molecule has 8 rings (SSSR count). The highest BCUT2D eigenvalue weighted by Crippen LogP contribution is 2.26. The van der Waals surface area contributed by atoms with Gasteiger partial charge in [-0.3, -0.25) is 34.1 Å². The topological polar surface area (TPSA) is 278 Å². The van der Waals surface area contributed by atoms with E-state index in [1.165, 1.54) is 6.20 Å². The van der Waals surface area contributed by atoms with Crippen molar-refractivity contribution in [1.82, 2.24) is 39.9 Å². The number of hydrogen-bond donors (Lipinski definition) is 2. The molecule has 20 nitrogen and oxygen atoms in total. The number of Topliss-reactive ketones (excluding diaryl/α,β-unsaturated/α-hetero) is 3. The third kappa shape index (κ3) is 31.4. The molecule has 3 atom stereocenters. The zero-order chi connectivity index (χ0) is 64.4. The number of alkyl halides is 3. The smallest absolute Gasteiger partial charge is 0.449 e. The summed E-state index contributed by atoms with van der Waals surface area (Å²) in [6.45, 7) is 15.9. The van der Waals surface area contributed by atoms with Crippen LogP contribution in [0.3, 0.4) is 0 Å². The van der Waals surface area contributed by atoms with Crippen LogP contribution >= 0.6 is 71.0 Å². The van der Waals surface area contributed by atoms with Crippen molar-refractivity contribution < 1.29 is 56.5 Å². The minimum absolute atomic E-state index is 0.0206. The van der Waals surface area contributed by atoms with E-state index in [9.17, 15) is 41.9 Å². The number of amides is 2. The number of ketones is 3. The summed E-state index contributed by atoms with van der Waals surface area (Å²) in [4.78, 5) is 89.0. The number of nitrogens with two attached hydrogens (primary N) is 1. The molecule has 0 spiro atoms. The van der Waals surface area contributed by atoms with Crippen LogP contribution in [0.15, 0.2) is 98.9 Å². The standard InChI is InChI=1S/C17H16BrN5O.C17H23BrN2O3.C9H18N2O2.C7H6BrNO2.C5H3Cl2N.C3H3F3O/c18-13-1-2-14(20-10-13)8-16(24)7-12-5-6-23(11-12)17-4-3-15(9-19)21-22-17;1-17(2,3)23-16(22)20-7-6-12(11-20)8-15(21)9-14-5-4-13(18)10-19-14;1-9(2,3)13-8(12)11-5-4-7(10)6-11;8-5-1-2-6(9-4-5)3-7(10)11;6-4-1-2-5(7)8-3-4;1-2(7)3(4,5)6/h1-4,10,12H,5-8,11H2;4-5,10,12H,6-9,11H2,1-3H3;7H,4-6,10H2,1-3H3;1-2,4H,3H2,(H,10,11);1-3H;1H3/t2*12-;7-;;;/m110.../s1. The number of nitriles is 1. The lowest BCUT2D eigenvalue weighted by molar-refractivity contribution is -0.168. The summed E-state index contributed by atoms with van der Waals surface area (Å²) in [6.07, 6.45) is 5.73. The number of aliphatic carboxylic acids is 1. The van der Waals surface area contributed by atoms with E-state index in [4.69, 9.17) is 48.8 Å². The van der Waals surface area contributed by atoms with Crippen LogP contribution in [-0.2, 0) is 47.9 Å². The molecule has 28 heteroatoms. The van der Waals surface area contributed by atoms with Crippen molar-refractivity contribution in [3.63, 3.8) is 0 Å². The van der Waals surface area contributed by atoms with E-state index in [0.717, 1.165) is 69.5 Å². The van der Waals surface area contributed by atoms with Crippen LogP contribution in [0.1, 0.15) is 103 Å². The molecule has 3 saturated heterocycles. The highest BCUT2D eigenvalue weighted by atomic mass is 79.9. The van der Waals surface area contributed by atoms with Gasteiger partial charge in [0.15, 0.2) is 11.5 Å². The minimum Gasteiger partial charge on any atom is -0.481 e. The average molecular weight is 1430 g/mol. The van der Waals surface area contributed by atoms with E-state index < -0.39 is 29.1 Å². The van der Waals surface area contributed by atoms with E-state index in [0.29, 0.717) is 79.7 Å². The van der Waals surface area contributed by atoms with Crippen molar-refractivity contribution >= 4 is 112 Å². The summed E-state index contributed by atoms with van der Waals surface area (Å²) in [6, 6.07) is 19.8. The molecule has 0 bridgehead atoms. The lowest BCUT2D eigenvalue weighted by Crippen LogP contribution is -2.36. The van der Waals surface area contributed by atoms with Gasteiger partial charge >= 0.3 is 24.3 Å². The molecule has 3 N–H and O–H groups in total. The number of anilines is 1. The molecule has 0 saturated carbocycles. The molecule has 3 fully saturated rings. The predicted octanol–water partition coefficient (Wildman–Crippen LogP) is 12.1. The van der Waals surface area contributed by atoms with Gasteiger partial charge in [0.05, 0.1) is 17.1 Å². The maximum absolute atomic E-state index is 12.2. The molecule has 0 unspecified atom stereocenters. The van der Waals surface area contributed by atoms with Crippen LogP contribution in [-0.4, -0.2) is 143 Å². The van der Waals surface area contributed by atoms with Gasteiger partial charge < -0.3 is 35.0 Å². The van der Waals surface area contributed by atoms with Crippen LogP contribution in [0.4, 0.5) is 28.6 Å². The average Bonchev–Trinajstić information content (AvgIpc) is 4.19. The molecule has 0 aromatic carbocycles. The van der Waals surface area contributed by atoms with Crippen molar-refractivity contribution in [3.8, 4) is 6.07 Å². The van der Waals surface area contributed by atoms with E-state index in [-0.39, 0.29) is 42.1 Å². The molecule has 0 aliphatic carbocycles. The molecule has 5 aromatic heterocycles. The van der Waals surface area contributed by atoms with E-state index >= 15 is 0 Å². The fourth-order valence-electron chi connectivity index (χ4n) is 7.77. The third-order valence-corrected chi connectivity index (χ3v) is 13.6. The van der Waals surface area contributed by atoms with Crippen molar-refractivity contribution in [2.45, 2.75) is 123 Å². The van der Waals surface area contributed by atoms with Gasteiger partial charge in [-0.05, 0) is 181 Å². The Hall–Kier alpha value is -6.24. The summed E-state index contributed by atoms with van der Waals surface area (Å²) < 4.78 is 45.7. The van der Waals surface area contributed by atoms with Crippen molar-refractivity contribution in [3.05, 3.63) is 132 Å². The first-order chi connectivity index (χ1) is 40.2. The Morgan fingerprint density at radius 2 is 1.09 bits per heavy atom. The van der Waals surface area contributed by atoms with E-state index in [2.05, 4.69) is 82.8 Å². The second kappa shape index (κ2) is 36.2. The molecule has 0 radical (unpaired) electrons. The minimum atomic E-state index is -4.64. The van der Waals surface area contributed by atoms with Crippen LogP contribution in [0.5, 0.6) is 0 Å². The fourth-order valence-corrected chi connectivity index (χ4v) is 8.70. The highest BCUT2D eigenvalue weighted by Gasteiger charge is 2.34. The van der Waals surface area contributed by atoms with Gasteiger partial charge in [-0.15, -0.1) is 10.2 Å². The fraction of sp³-hybridized carbons (Fsp3) is 0.466. The Balaban J connectivity index is 0.000000287. The van der Waals surface area contributed by atoms with Gasteiger partial charge in [0.2, 0.25) is 5.78 Å². The molecular weight excluding hydrogens is 1360 g/mol. The third-order valence-electron chi connectivity index (χ3n) is 11.8. The van der Waals surface area contributed by atoms with Gasteiger partial charge in [0.25, 0.3) is 0 Å². The molecule has 3 aliphatic heterocycles. The summed E-state index contributed by atoms with van der Waals surface area (Å²) >= 11 is 20.8. The quantitative estimate of drug-likeness (QED) is 0.116. The molecule has 86 heavy (non-hydrogen) atoms. The van der Waals surface area contributed by atoms with Crippen LogP contribution < -0.4 is 10.6 Å². The van der Waals surface area contributed by atoms with Crippen molar-refractivity contribution in [2.24, 2.45) is 17.6 Å². The number of pyridine rings is 4. The first-order valence-electron chi connectivity index (χ1n) is 26.8. The Morgan fingerprint density at radius 1 is 0.640 bits per heavy atom. The van der Waals surface area contributed by atoms with Crippen LogP contribution in [0.2, 0.25) is 10.2 Å². The predicted molar refractivity (Wildman–Crippen MR) is 328 cm³/mol. The van der Waals surface area contributed by atoms with Gasteiger partial charge in [-0.25, -0.2) is 14.6 Å². The van der Waals surface area contributed by atoms with Crippen LogP contribution in [0, 0.1) is 23.2 Å². The highest BCUT2D eigenvalue weighted by molar-refractivity contribution is 9.11. The number of carboxylic acid groups (broad SMARTS) is 1. The summed E-state index contributed by atoms with van der Waals surface area (Å²) in [5.41, 5.74) is 7.24. The Bertz CT molecular complexity index is 2990. The number of nitrogens with zero attached hydrogens (tertiary/aromatic N) is 10. The van der Waals surface area contributed by atoms with Crippen molar-refractivity contribution in [2.75, 3.05) is 44.2 Å². The second-order valence-corrected chi connectivity index (χ2v) is 25.3. The largest absolute Gasteiger partial charge is 0.481 e. The SMILES string of the molecule is CC(=O)C(F)(F)F.CC(C)(C)OC(=O)N1CC[C@H](CC(=O)Cc2ccc(Br)cn2)C1.CC(C)(C)OC(=O)N1CC[C@H](N)C1.Clc1ccc(Cl)nc1.N#Cc1ccc(N2CC[C@H](CC(=O)Cc3ccc(Br)cn3)C2)nn1.O=C(O)Cc1ccc(Br)cn1. The van der Waals surface area contributed by atoms with E-state index in [1.807, 2.05) is 77.9 Å². The maximum atomic E-state index is 12.2. The Labute approximate surface area is 533 Å². The maximum Gasteiger partial charge on any atom is 0.449 e. The Morgan fingerprint density at radius 3 is 1.45 bits per heavy atom. The zero-order valence-corrected chi connectivity index (χ0v) is 54.8. The van der Waals surface area contributed by atoms with Gasteiger partial charge in [-0.2, -0.15) is 18.4 Å². The van der Waals surface area contributed by atoms with Crippen LogP contribution in [0.25, 0.3) is 0 Å². The first kappa shape index (κ1) is 74.0. The number of carbonyl (C=O) groups excluding carboxylic acids is 5. The molecule has 8 heterocycles. The van der Waals surface area contributed by atoms with E-state index in [1.54, 1.807) is 58.7 Å².